The van der Waals surface area contributed by atoms with Gasteiger partial charge in [-0.1, -0.05) is 41.6 Å². The first-order valence-corrected chi connectivity index (χ1v) is 10.0. The Morgan fingerprint density at radius 2 is 2.03 bits per heavy atom. The SMILES string of the molecule is O=C(CSc1nnnn1Cc1ccco1)Nc1ccnn1Cc1ccccc1Cl. The van der Waals surface area contributed by atoms with Gasteiger partial charge in [-0.05, 0) is 34.2 Å². The Balaban J connectivity index is 1.35. The van der Waals surface area contributed by atoms with Gasteiger partial charge in [-0.3, -0.25) is 4.79 Å². The summed E-state index contributed by atoms with van der Waals surface area (Å²) in [5.41, 5.74) is 0.917. The first-order chi connectivity index (χ1) is 14.2. The van der Waals surface area contributed by atoms with Crippen molar-refractivity contribution in [3.63, 3.8) is 0 Å². The number of hydrogen-bond acceptors (Lipinski definition) is 7. The van der Waals surface area contributed by atoms with E-state index < -0.39 is 0 Å². The Bertz CT molecular complexity index is 1090. The lowest BCUT2D eigenvalue weighted by Crippen LogP contribution is -2.18. The van der Waals surface area contributed by atoms with Crippen LogP contribution < -0.4 is 5.32 Å². The number of halogens is 1. The molecule has 0 saturated heterocycles. The minimum Gasteiger partial charge on any atom is -0.467 e. The summed E-state index contributed by atoms with van der Waals surface area (Å²) in [6, 6.07) is 12.9. The van der Waals surface area contributed by atoms with Gasteiger partial charge in [-0.2, -0.15) is 5.10 Å². The predicted octanol–water partition coefficient (Wildman–Crippen LogP) is 2.94. The summed E-state index contributed by atoms with van der Waals surface area (Å²) in [6.07, 6.45) is 3.22. The van der Waals surface area contributed by atoms with Gasteiger partial charge in [-0.15, -0.1) is 5.10 Å². The number of thioether (sulfide) groups is 1. The van der Waals surface area contributed by atoms with Gasteiger partial charge in [0.2, 0.25) is 11.1 Å². The monoisotopic (exact) mass is 429 g/mol. The summed E-state index contributed by atoms with van der Waals surface area (Å²) >= 11 is 7.45. The number of rotatable bonds is 8. The van der Waals surface area contributed by atoms with E-state index in [1.54, 1.807) is 34.0 Å². The number of carbonyl (C=O) groups is 1. The predicted molar refractivity (Wildman–Crippen MR) is 108 cm³/mol. The number of furan rings is 1. The second kappa shape index (κ2) is 8.93. The highest BCUT2D eigenvalue weighted by atomic mass is 35.5. The van der Waals surface area contributed by atoms with Crippen LogP contribution in [-0.4, -0.2) is 41.6 Å². The highest BCUT2D eigenvalue weighted by Gasteiger charge is 2.13. The first-order valence-electron chi connectivity index (χ1n) is 8.65. The molecular weight excluding hydrogens is 414 g/mol. The molecule has 1 aromatic carbocycles. The van der Waals surface area contributed by atoms with Crippen molar-refractivity contribution in [2.75, 3.05) is 11.1 Å². The maximum Gasteiger partial charge on any atom is 0.235 e. The summed E-state index contributed by atoms with van der Waals surface area (Å²) in [5, 5.41) is 19.9. The molecule has 4 aromatic rings. The Morgan fingerprint density at radius 1 is 1.14 bits per heavy atom. The first kappa shape index (κ1) is 19.2. The second-order valence-electron chi connectivity index (χ2n) is 6.00. The molecule has 1 N–H and O–H groups in total. The number of amides is 1. The van der Waals surface area contributed by atoms with Gasteiger partial charge in [0, 0.05) is 11.1 Å². The number of carbonyl (C=O) groups excluding carboxylic acids is 1. The molecule has 29 heavy (non-hydrogen) atoms. The number of anilines is 1. The van der Waals surface area contributed by atoms with Crippen molar-refractivity contribution in [1.29, 1.82) is 0 Å². The molecule has 0 radical (unpaired) electrons. The Morgan fingerprint density at radius 3 is 2.86 bits per heavy atom. The molecule has 0 fully saturated rings. The second-order valence-corrected chi connectivity index (χ2v) is 7.35. The standard InChI is InChI=1S/C18H16ClN7O2S/c19-15-6-2-1-4-13(15)10-25-16(7-8-20-25)21-17(27)12-29-18-22-23-24-26(18)11-14-5-3-9-28-14/h1-9H,10-12H2,(H,21,27). The molecule has 3 aromatic heterocycles. The molecule has 0 atom stereocenters. The van der Waals surface area contributed by atoms with E-state index in [0.29, 0.717) is 29.1 Å². The molecule has 0 saturated carbocycles. The largest absolute Gasteiger partial charge is 0.467 e. The lowest BCUT2D eigenvalue weighted by Gasteiger charge is -2.10. The Hall–Kier alpha value is -3.11. The third-order valence-corrected chi connectivity index (χ3v) is 5.30. The van der Waals surface area contributed by atoms with Crippen LogP contribution in [0.25, 0.3) is 0 Å². The van der Waals surface area contributed by atoms with Crippen LogP contribution in [0.3, 0.4) is 0 Å². The van der Waals surface area contributed by atoms with Crippen molar-refractivity contribution in [1.82, 2.24) is 30.0 Å². The molecule has 0 spiro atoms. The average Bonchev–Trinajstić information content (AvgIpc) is 3.46. The molecule has 148 valence electrons. The zero-order chi connectivity index (χ0) is 20.1. The summed E-state index contributed by atoms with van der Waals surface area (Å²) in [7, 11) is 0. The number of aromatic nitrogens is 6. The number of nitrogens with one attached hydrogen (secondary N) is 1. The third-order valence-electron chi connectivity index (χ3n) is 3.98. The lowest BCUT2D eigenvalue weighted by atomic mass is 10.2. The van der Waals surface area contributed by atoms with Crippen LogP contribution in [0.5, 0.6) is 0 Å². The van der Waals surface area contributed by atoms with Gasteiger partial charge < -0.3 is 9.73 Å². The number of benzene rings is 1. The minimum absolute atomic E-state index is 0.149. The van der Waals surface area contributed by atoms with E-state index >= 15 is 0 Å². The van der Waals surface area contributed by atoms with Crippen molar-refractivity contribution in [2.45, 2.75) is 18.2 Å². The lowest BCUT2D eigenvalue weighted by molar-refractivity contribution is -0.113. The van der Waals surface area contributed by atoms with Crippen molar-refractivity contribution in [3.05, 3.63) is 71.3 Å². The fraction of sp³-hybridized carbons (Fsp3) is 0.167. The third kappa shape index (κ3) is 4.84. The van der Waals surface area contributed by atoms with Crippen molar-refractivity contribution in [3.8, 4) is 0 Å². The molecule has 4 rings (SSSR count). The Kier molecular flexibility index (Phi) is 5.92. The zero-order valence-electron chi connectivity index (χ0n) is 15.1. The molecule has 9 nitrogen and oxygen atoms in total. The van der Waals surface area contributed by atoms with Crippen molar-refractivity contribution >= 4 is 35.1 Å². The molecule has 11 heteroatoms. The minimum atomic E-state index is -0.191. The molecule has 0 aliphatic carbocycles. The van der Waals surface area contributed by atoms with Gasteiger partial charge in [-0.25, -0.2) is 9.36 Å². The van der Waals surface area contributed by atoms with E-state index in [2.05, 4.69) is 25.9 Å². The van der Waals surface area contributed by atoms with Crippen LogP contribution in [0, 0.1) is 0 Å². The van der Waals surface area contributed by atoms with Crippen LogP contribution in [0.2, 0.25) is 5.02 Å². The molecule has 1 amide bonds. The van der Waals surface area contributed by atoms with E-state index in [0.717, 1.165) is 11.3 Å². The van der Waals surface area contributed by atoms with E-state index in [1.807, 2.05) is 30.3 Å². The zero-order valence-corrected chi connectivity index (χ0v) is 16.7. The summed E-state index contributed by atoms with van der Waals surface area (Å²) in [6.45, 7) is 0.853. The topological polar surface area (TPSA) is 104 Å². The molecule has 0 aliphatic rings. The fourth-order valence-electron chi connectivity index (χ4n) is 2.61. The van der Waals surface area contributed by atoms with Crippen molar-refractivity contribution < 1.29 is 9.21 Å². The van der Waals surface area contributed by atoms with Crippen LogP contribution >= 0.6 is 23.4 Å². The summed E-state index contributed by atoms with van der Waals surface area (Å²) in [4.78, 5) is 12.4. The molecule has 3 heterocycles. The van der Waals surface area contributed by atoms with E-state index in [-0.39, 0.29) is 11.7 Å². The number of hydrogen-bond donors (Lipinski definition) is 1. The van der Waals surface area contributed by atoms with Crippen LogP contribution in [0.4, 0.5) is 5.82 Å². The maximum atomic E-state index is 12.4. The van der Waals surface area contributed by atoms with Crippen LogP contribution in [0.1, 0.15) is 11.3 Å². The van der Waals surface area contributed by atoms with E-state index in [1.165, 1.54) is 11.8 Å². The van der Waals surface area contributed by atoms with Crippen LogP contribution in [-0.2, 0) is 17.9 Å². The quantitative estimate of drug-likeness (QED) is 0.429. The smallest absolute Gasteiger partial charge is 0.235 e. The van der Waals surface area contributed by atoms with E-state index in [4.69, 9.17) is 16.0 Å². The number of nitrogens with zero attached hydrogens (tertiary/aromatic N) is 6. The van der Waals surface area contributed by atoms with Crippen LogP contribution in [0.15, 0.2) is 64.5 Å². The summed E-state index contributed by atoms with van der Waals surface area (Å²) in [5.74, 6) is 1.27. The maximum absolute atomic E-state index is 12.4. The highest BCUT2D eigenvalue weighted by Crippen LogP contribution is 2.19. The van der Waals surface area contributed by atoms with Gasteiger partial charge >= 0.3 is 0 Å². The number of tetrazole rings is 1. The van der Waals surface area contributed by atoms with E-state index in [9.17, 15) is 4.79 Å². The van der Waals surface area contributed by atoms with Gasteiger partial charge in [0.05, 0.1) is 24.8 Å². The van der Waals surface area contributed by atoms with Crippen molar-refractivity contribution in [2.24, 2.45) is 0 Å². The highest BCUT2D eigenvalue weighted by molar-refractivity contribution is 7.99. The van der Waals surface area contributed by atoms with Gasteiger partial charge in [0.25, 0.3) is 0 Å². The summed E-state index contributed by atoms with van der Waals surface area (Å²) < 4.78 is 8.57. The average molecular weight is 430 g/mol. The van der Waals surface area contributed by atoms with Gasteiger partial charge in [0.15, 0.2) is 0 Å². The van der Waals surface area contributed by atoms with Gasteiger partial charge in [0.1, 0.15) is 18.1 Å². The molecule has 0 bridgehead atoms. The molecular formula is C18H16ClN7O2S. The Labute approximate surface area is 175 Å². The fourth-order valence-corrected chi connectivity index (χ4v) is 3.48. The molecule has 0 aliphatic heterocycles. The molecule has 0 unspecified atom stereocenters. The normalized spacial score (nSPS) is 10.9.